The first-order chi connectivity index (χ1) is 7.80. The van der Waals surface area contributed by atoms with Gasteiger partial charge in [0.25, 0.3) is 0 Å². The zero-order valence-corrected chi connectivity index (χ0v) is 9.96. The maximum Gasteiger partial charge on any atom is 0.138 e. The highest BCUT2D eigenvalue weighted by Gasteiger charge is 2.35. The summed E-state index contributed by atoms with van der Waals surface area (Å²) in [6.45, 7) is 0.507. The minimum Gasteiger partial charge on any atom is -0.370 e. The predicted molar refractivity (Wildman–Crippen MR) is 62.9 cm³/mol. The van der Waals surface area contributed by atoms with Crippen molar-refractivity contribution in [1.29, 1.82) is 0 Å². The van der Waals surface area contributed by atoms with Crippen LogP contribution < -0.4 is 5.73 Å². The summed E-state index contributed by atoms with van der Waals surface area (Å²) in [5.41, 5.74) is 6.37. The Morgan fingerprint density at radius 1 is 1.38 bits per heavy atom. The van der Waals surface area contributed by atoms with Crippen LogP contribution in [0.1, 0.15) is 50.0 Å². The highest BCUT2D eigenvalue weighted by molar-refractivity contribution is 5.09. The van der Waals surface area contributed by atoms with Gasteiger partial charge in [0.1, 0.15) is 11.4 Å². The zero-order valence-electron chi connectivity index (χ0n) is 9.96. The van der Waals surface area contributed by atoms with Crippen LogP contribution in [-0.2, 0) is 16.9 Å². The number of ether oxygens (including phenoxy) is 1. The summed E-state index contributed by atoms with van der Waals surface area (Å²) >= 11 is 0. The van der Waals surface area contributed by atoms with Crippen molar-refractivity contribution in [3.63, 3.8) is 0 Å². The Bertz CT molecular complexity index is 327. The number of methoxy groups -OCH3 is 1. The topological polar surface area (TPSA) is 63.9 Å². The van der Waals surface area contributed by atoms with Crippen LogP contribution in [0, 0.1) is 0 Å². The number of aromatic amines is 1. The number of hydrogen-bond donors (Lipinski definition) is 2. The molecule has 4 nitrogen and oxygen atoms in total. The lowest BCUT2D eigenvalue weighted by Crippen LogP contribution is -2.29. The number of nitrogens with two attached hydrogens (primary N) is 1. The molecule has 0 bridgehead atoms. The summed E-state index contributed by atoms with van der Waals surface area (Å²) in [7, 11) is 1.79. The smallest absolute Gasteiger partial charge is 0.138 e. The summed E-state index contributed by atoms with van der Waals surface area (Å²) in [6.07, 6.45) is 8.97. The van der Waals surface area contributed by atoms with Crippen molar-refractivity contribution in [2.24, 2.45) is 5.73 Å². The fourth-order valence-electron chi connectivity index (χ4n) is 2.53. The maximum absolute atomic E-state index is 5.77. The fraction of sp³-hybridized carbons (Fsp3) is 0.750. The van der Waals surface area contributed by atoms with Gasteiger partial charge in [-0.3, -0.25) is 0 Å². The van der Waals surface area contributed by atoms with Gasteiger partial charge in [-0.15, -0.1) is 0 Å². The second-order valence-corrected chi connectivity index (χ2v) is 4.57. The third kappa shape index (κ3) is 2.13. The molecule has 16 heavy (non-hydrogen) atoms. The first-order valence-electron chi connectivity index (χ1n) is 6.10. The highest BCUT2D eigenvalue weighted by atomic mass is 16.5. The van der Waals surface area contributed by atoms with Crippen molar-refractivity contribution >= 4 is 0 Å². The number of imidazole rings is 1. The van der Waals surface area contributed by atoms with Crippen molar-refractivity contribution < 1.29 is 4.74 Å². The molecule has 4 heteroatoms. The average Bonchev–Trinajstić information content (AvgIpc) is 2.68. The van der Waals surface area contributed by atoms with Crippen LogP contribution in [0.5, 0.6) is 0 Å². The molecular weight excluding hydrogens is 202 g/mol. The van der Waals surface area contributed by atoms with E-state index in [1.54, 1.807) is 7.11 Å². The zero-order chi connectivity index (χ0) is 11.4. The predicted octanol–water partition coefficient (Wildman–Crippen LogP) is 2.06. The molecule has 3 N–H and O–H groups in total. The molecule has 0 aromatic carbocycles. The minimum atomic E-state index is -0.204. The third-order valence-electron chi connectivity index (χ3n) is 3.58. The molecule has 1 aliphatic carbocycles. The molecule has 0 spiro atoms. The highest BCUT2D eigenvalue weighted by Crippen LogP contribution is 2.37. The van der Waals surface area contributed by atoms with Gasteiger partial charge in [-0.2, -0.15) is 0 Å². The molecule has 90 valence electrons. The first-order valence-corrected chi connectivity index (χ1v) is 6.10. The number of hydrogen-bond acceptors (Lipinski definition) is 3. The van der Waals surface area contributed by atoms with Gasteiger partial charge in [0.2, 0.25) is 0 Å². The molecule has 1 saturated carbocycles. The molecule has 1 aliphatic rings. The SMILES string of the molecule is COC1(c2ncc(CN)[nH]2)CCCCCC1. The van der Waals surface area contributed by atoms with E-state index < -0.39 is 0 Å². The van der Waals surface area contributed by atoms with Gasteiger partial charge < -0.3 is 15.5 Å². The number of rotatable bonds is 3. The Kier molecular flexibility index (Phi) is 3.61. The Morgan fingerprint density at radius 2 is 2.06 bits per heavy atom. The molecular formula is C12H21N3O. The van der Waals surface area contributed by atoms with E-state index >= 15 is 0 Å². The summed E-state index contributed by atoms with van der Waals surface area (Å²) < 4.78 is 5.77. The summed E-state index contributed by atoms with van der Waals surface area (Å²) in [5.74, 6) is 0.956. The Hall–Kier alpha value is -0.870. The van der Waals surface area contributed by atoms with Gasteiger partial charge >= 0.3 is 0 Å². The van der Waals surface area contributed by atoms with Crippen molar-refractivity contribution in [2.75, 3.05) is 7.11 Å². The second kappa shape index (κ2) is 4.97. The molecule has 0 unspecified atom stereocenters. The summed E-state index contributed by atoms with van der Waals surface area (Å²) in [6, 6.07) is 0. The molecule has 0 amide bonds. The van der Waals surface area contributed by atoms with Crippen molar-refractivity contribution in [1.82, 2.24) is 9.97 Å². The van der Waals surface area contributed by atoms with Crippen molar-refractivity contribution in [3.05, 3.63) is 17.7 Å². The van der Waals surface area contributed by atoms with Crippen molar-refractivity contribution in [2.45, 2.75) is 50.7 Å². The lowest BCUT2D eigenvalue weighted by molar-refractivity contribution is -0.0345. The van der Waals surface area contributed by atoms with Gasteiger partial charge in [0.15, 0.2) is 0 Å². The van der Waals surface area contributed by atoms with Crippen LogP contribution in [0.25, 0.3) is 0 Å². The van der Waals surface area contributed by atoms with Gasteiger partial charge in [-0.1, -0.05) is 25.7 Å². The quantitative estimate of drug-likeness (QED) is 0.771. The normalized spacial score (nSPS) is 20.6. The van der Waals surface area contributed by atoms with Crippen LogP contribution in [0.2, 0.25) is 0 Å². The molecule has 1 aromatic rings. The first kappa shape index (κ1) is 11.6. The number of nitrogens with zero attached hydrogens (tertiary/aromatic N) is 1. The van der Waals surface area contributed by atoms with Crippen LogP contribution in [0.3, 0.4) is 0 Å². The number of H-pyrrole nitrogens is 1. The van der Waals surface area contributed by atoms with E-state index in [4.69, 9.17) is 10.5 Å². The molecule has 2 rings (SSSR count). The van der Waals surface area contributed by atoms with E-state index in [0.717, 1.165) is 24.4 Å². The van der Waals surface area contributed by atoms with E-state index in [0.29, 0.717) is 6.54 Å². The van der Waals surface area contributed by atoms with E-state index in [2.05, 4.69) is 9.97 Å². The van der Waals surface area contributed by atoms with E-state index in [-0.39, 0.29) is 5.60 Å². The fourth-order valence-corrected chi connectivity index (χ4v) is 2.53. The molecule has 1 heterocycles. The van der Waals surface area contributed by atoms with E-state index in [1.165, 1.54) is 25.7 Å². The minimum absolute atomic E-state index is 0.204. The molecule has 0 aliphatic heterocycles. The summed E-state index contributed by atoms with van der Waals surface area (Å²) in [4.78, 5) is 7.73. The van der Waals surface area contributed by atoms with Crippen molar-refractivity contribution in [3.8, 4) is 0 Å². The Labute approximate surface area is 96.6 Å². The molecule has 0 radical (unpaired) electrons. The van der Waals surface area contributed by atoms with E-state index in [1.807, 2.05) is 6.20 Å². The van der Waals surface area contributed by atoms with Crippen LogP contribution >= 0.6 is 0 Å². The van der Waals surface area contributed by atoms with Crippen LogP contribution in [-0.4, -0.2) is 17.1 Å². The van der Waals surface area contributed by atoms with Crippen LogP contribution in [0.4, 0.5) is 0 Å². The Balaban J connectivity index is 2.24. The van der Waals surface area contributed by atoms with Gasteiger partial charge in [0, 0.05) is 25.5 Å². The molecule has 0 saturated heterocycles. The molecule has 0 atom stereocenters. The number of nitrogens with one attached hydrogen (secondary N) is 1. The van der Waals surface area contributed by atoms with Gasteiger partial charge in [-0.25, -0.2) is 4.98 Å². The van der Waals surface area contributed by atoms with Gasteiger partial charge in [0.05, 0.1) is 0 Å². The second-order valence-electron chi connectivity index (χ2n) is 4.57. The third-order valence-corrected chi connectivity index (χ3v) is 3.58. The maximum atomic E-state index is 5.77. The Morgan fingerprint density at radius 3 is 2.56 bits per heavy atom. The lowest BCUT2D eigenvalue weighted by Gasteiger charge is -2.29. The lowest BCUT2D eigenvalue weighted by atomic mass is 9.93. The van der Waals surface area contributed by atoms with Gasteiger partial charge in [-0.05, 0) is 12.8 Å². The number of aromatic nitrogens is 2. The molecule has 1 aromatic heterocycles. The summed E-state index contributed by atoms with van der Waals surface area (Å²) in [5, 5.41) is 0. The molecule has 1 fully saturated rings. The van der Waals surface area contributed by atoms with Crippen LogP contribution in [0.15, 0.2) is 6.20 Å². The largest absolute Gasteiger partial charge is 0.370 e. The monoisotopic (exact) mass is 223 g/mol. The van der Waals surface area contributed by atoms with E-state index in [9.17, 15) is 0 Å². The standard InChI is InChI=1S/C12H21N3O/c1-16-12(6-4-2-3-5-7-12)11-14-9-10(8-13)15-11/h9H,2-8,13H2,1H3,(H,14,15). The average molecular weight is 223 g/mol.